The number of carboxylic acid groups (broad SMARTS) is 1. The Hall–Kier alpha value is -3.15. The lowest BCUT2D eigenvalue weighted by atomic mass is 10.1. The van der Waals surface area contributed by atoms with Crippen molar-refractivity contribution in [2.45, 2.75) is 0 Å². The molecule has 0 fully saturated rings. The third kappa shape index (κ3) is 1.85. The lowest BCUT2D eigenvalue weighted by molar-refractivity contribution is -0.268. The molecule has 0 spiro atoms. The standard InChI is InChI=1S/C15H9NO5/c17-12-7-8(5-6-11(12)15(20)21)16-13(18)9-3-1-2-4-10(9)14(16)19/h1-7,17H,(H,20,21)/p-1. The molecule has 0 unspecified atom stereocenters. The summed E-state index contributed by atoms with van der Waals surface area (Å²) in [6.07, 6.45) is 0. The Morgan fingerprint density at radius 1 is 1.00 bits per heavy atom. The molecule has 0 aromatic heterocycles. The molecule has 2 aromatic carbocycles. The minimum Gasteiger partial charge on any atom is -0.872 e. The highest BCUT2D eigenvalue weighted by molar-refractivity contribution is 6.34. The van der Waals surface area contributed by atoms with Crippen molar-refractivity contribution < 1.29 is 24.6 Å². The molecular weight excluding hydrogens is 274 g/mol. The molecule has 0 atom stereocenters. The quantitative estimate of drug-likeness (QED) is 0.836. The van der Waals surface area contributed by atoms with E-state index < -0.39 is 29.1 Å². The molecule has 0 saturated carbocycles. The van der Waals surface area contributed by atoms with Crippen molar-refractivity contribution in [3.63, 3.8) is 0 Å². The van der Waals surface area contributed by atoms with E-state index in [-0.39, 0.29) is 16.8 Å². The molecule has 0 bridgehead atoms. The monoisotopic (exact) mass is 282 g/mol. The van der Waals surface area contributed by atoms with E-state index in [1.807, 2.05) is 0 Å². The first-order valence-electron chi connectivity index (χ1n) is 6.03. The Morgan fingerprint density at radius 3 is 2.05 bits per heavy atom. The van der Waals surface area contributed by atoms with Gasteiger partial charge < -0.3 is 10.2 Å². The van der Waals surface area contributed by atoms with Gasteiger partial charge in [0.2, 0.25) is 0 Å². The van der Waals surface area contributed by atoms with E-state index in [0.717, 1.165) is 17.0 Å². The average molecular weight is 282 g/mol. The van der Waals surface area contributed by atoms with Gasteiger partial charge in [-0.25, -0.2) is 9.69 Å². The largest absolute Gasteiger partial charge is 0.872 e. The van der Waals surface area contributed by atoms with E-state index in [1.165, 1.54) is 18.2 Å². The molecule has 2 aromatic rings. The predicted octanol–water partition coefficient (Wildman–Crippen LogP) is 1.26. The van der Waals surface area contributed by atoms with E-state index in [1.54, 1.807) is 12.1 Å². The van der Waals surface area contributed by atoms with Crippen LogP contribution in [0.4, 0.5) is 5.69 Å². The smallest absolute Gasteiger partial charge is 0.335 e. The van der Waals surface area contributed by atoms with Gasteiger partial charge in [-0.15, -0.1) is 0 Å². The van der Waals surface area contributed by atoms with Crippen LogP contribution in [-0.4, -0.2) is 22.9 Å². The van der Waals surface area contributed by atoms with Gasteiger partial charge in [-0.2, -0.15) is 0 Å². The number of amides is 2. The zero-order chi connectivity index (χ0) is 15.1. The lowest BCUT2D eigenvalue weighted by Crippen LogP contribution is -2.29. The number of nitrogens with zero attached hydrogens (tertiary/aromatic N) is 1. The van der Waals surface area contributed by atoms with Crippen molar-refractivity contribution in [1.29, 1.82) is 0 Å². The number of carbonyl (C=O) groups excluding carboxylic acids is 2. The summed E-state index contributed by atoms with van der Waals surface area (Å²) in [5.41, 5.74) is 0.182. The average Bonchev–Trinajstić information content (AvgIpc) is 2.71. The van der Waals surface area contributed by atoms with E-state index in [9.17, 15) is 19.5 Å². The maximum atomic E-state index is 12.2. The number of rotatable bonds is 2. The summed E-state index contributed by atoms with van der Waals surface area (Å²) in [7, 11) is 0. The topological polar surface area (TPSA) is 97.7 Å². The molecule has 0 saturated heterocycles. The van der Waals surface area contributed by atoms with Crippen LogP contribution in [0.15, 0.2) is 42.5 Å². The zero-order valence-corrected chi connectivity index (χ0v) is 10.6. The van der Waals surface area contributed by atoms with Crippen molar-refractivity contribution in [2.75, 3.05) is 4.90 Å². The second-order valence-electron chi connectivity index (χ2n) is 4.48. The van der Waals surface area contributed by atoms with Gasteiger partial charge in [0, 0.05) is 0 Å². The summed E-state index contributed by atoms with van der Waals surface area (Å²) in [6, 6.07) is 9.67. The number of hydrogen-bond donors (Lipinski definition) is 1. The summed E-state index contributed by atoms with van der Waals surface area (Å²) < 4.78 is 0. The maximum Gasteiger partial charge on any atom is 0.335 e. The summed E-state index contributed by atoms with van der Waals surface area (Å²) in [5.74, 6) is -3.17. The molecule has 1 heterocycles. The fourth-order valence-electron chi connectivity index (χ4n) is 2.25. The van der Waals surface area contributed by atoms with Gasteiger partial charge in [-0.1, -0.05) is 17.9 Å². The third-order valence-electron chi connectivity index (χ3n) is 3.25. The second-order valence-corrected chi connectivity index (χ2v) is 4.48. The summed E-state index contributed by atoms with van der Waals surface area (Å²) in [5, 5.41) is 20.5. The first-order chi connectivity index (χ1) is 10.0. The minimum absolute atomic E-state index is 0.0659. The van der Waals surface area contributed by atoms with E-state index >= 15 is 0 Å². The molecule has 3 rings (SSSR count). The first-order valence-corrected chi connectivity index (χ1v) is 6.03. The van der Waals surface area contributed by atoms with E-state index in [0.29, 0.717) is 0 Å². The van der Waals surface area contributed by atoms with Gasteiger partial charge in [0.15, 0.2) is 0 Å². The molecule has 0 radical (unpaired) electrons. The lowest BCUT2D eigenvalue weighted by Gasteiger charge is -2.18. The highest BCUT2D eigenvalue weighted by Gasteiger charge is 2.36. The van der Waals surface area contributed by atoms with Gasteiger partial charge in [0.25, 0.3) is 11.8 Å². The van der Waals surface area contributed by atoms with Crippen LogP contribution in [0.2, 0.25) is 0 Å². The molecule has 21 heavy (non-hydrogen) atoms. The first kappa shape index (κ1) is 12.9. The fourth-order valence-corrected chi connectivity index (χ4v) is 2.25. The minimum atomic E-state index is -1.35. The summed E-state index contributed by atoms with van der Waals surface area (Å²) in [4.78, 5) is 36.1. The molecule has 1 aliphatic rings. The number of anilines is 1. The summed E-state index contributed by atoms with van der Waals surface area (Å²) in [6.45, 7) is 0. The van der Waals surface area contributed by atoms with Crippen LogP contribution in [0.5, 0.6) is 5.75 Å². The number of hydrogen-bond acceptors (Lipinski definition) is 4. The number of aromatic carboxylic acids is 1. The van der Waals surface area contributed by atoms with Crippen molar-refractivity contribution in [3.05, 3.63) is 59.2 Å². The SMILES string of the molecule is O=C(O)c1ccc(N2C(=O)c3ccccc3C2=O)cc1[O-]. The Balaban J connectivity index is 2.07. The Morgan fingerprint density at radius 2 is 1.57 bits per heavy atom. The van der Waals surface area contributed by atoms with E-state index in [4.69, 9.17) is 5.11 Å². The van der Waals surface area contributed by atoms with Crippen molar-refractivity contribution in [2.24, 2.45) is 0 Å². The van der Waals surface area contributed by atoms with Crippen molar-refractivity contribution in [3.8, 4) is 5.75 Å². The molecule has 6 heteroatoms. The number of benzene rings is 2. The van der Waals surface area contributed by atoms with Gasteiger partial charge >= 0.3 is 5.97 Å². The molecule has 0 aliphatic carbocycles. The van der Waals surface area contributed by atoms with E-state index in [2.05, 4.69) is 0 Å². The normalized spacial score (nSPS) is 13.4. The predicted molar refractivity (Wildman–Crippen MR) is 70.4 cm³/mol. The van der Waals surface area contributed by atoms with Gasteiger partial charge in [0.1, 0.15) is 0 Å². The van der Waals surface area contributed by atoms with Crippen molar-refractivity contribution in [1.82, 2.24) is 0 Å². The molecule has 1 N–H and O–H groups in total. The number of fused-ring (bicyclic) bond motifs is 1. The molecule has 1 aliphatic heterocycles. The third-order valence-corrected chi connectivity index (χ3v) is 3.25. The highest BCUT2D eigenvalue weighted by Crippen LogP contribution is 2.30. The van der Waals surface area contributed by atoms with Crippen LogP contribution in [-0.2, 0) is 0 Å². The maximum absolute atomic E-state index is 12.2. The number of carbonyl (C=O) groups is 3. The van der Waals surface area contributed by atoms with Crippen molar-refractivity contribution >= 4 is 23.5 Å². The number of imide groups is 1. The molecule has 104 valence electrons. The summed E-state index contributed by atoms with van der Waals surface area (Å²) >= 11 is 0. The zero-order valence-electron chi connectivity index (χ0n) is 10.6. The van der Waals surface area contributed by atoms with Crippen LogP contribution in [0.25, 0.3) is 0 Å². The fraction of sp³-hybridized carbons (Fsp3) is 0. The Kier molecular flexibility index (Phi) is 2.72. The molecule has 6 nitrogen and oxygen atoms in total. The van der Waals surface area contributed by atoms with Gasteiger partial charge in [-0.05, 0) is 30.3 Å². The molecular formula is C15H8NO5-. The van der Waals surface area contributed by atoms with Crippen LogP contribution >= 0.6 is 0 Å². The van der Waals surface area contributed by atoms with Crippen LogP contribution < -0.4 is 10.0 Å². The second kappa shape index (κ2) is 4.45. The van der Waals surface area contributed by atoms with Crippen LogP contribution in [0.1, 0.15) is 31.1 Å². The Bertz CT molecular complexity index is 761. The van der Waals surface area contributed by atoms with Crippen LogP contribution in [0, 0.1) is 0 Å². The van der Waals surface area contributed by atoms with Crippen LogP contribution in [0.3, 0.4) is 0 Å². The Labute approximate surface area is 118 Å². The highest BCUT2D eigenvalue weighted by atomic mass is 16.4. The molecule has 2 amide bonds. The number of carboxylic acids is 1. The van der Waals surface area contributed by atoms with Gasteiger partial charge in [-0.3, -0.25) is 9.59 Å². The van der Waals surface area contributed by atoms with Gasteiger partial charge in [0.05, 0.1) is 22.4 Å².